The van der Waals surface area contributed by atoms with Crippen molar-refractivity contribution < 1.29 is 22.4 Å². The van der Waals surface area contributed by atoms with Gasteiger partial charge in [-0.25, -0.2) is 8.42 Å². The Labute approximate surface area is 244 Å². The van der Waals surface area contributed by atoms with Crippen LogP contribution in [-0.2, 0) is 32.6 Å². The van der Waals surface area contributed by atoms with Crippen LogP contribution in [0.5, 0.6) is 0 Å². The van der Waals surface area contributed by atoms with E-state index in [9.17, 15) is 18.0 Å². The Morgan fingerprint density at radius 1 is 1.02 bits per heavy atom. The number of fused-ring (bicyclic) bond motifs is 1. The molecule has 1 aliphatic heterocycles. The van der Waals surface area contributed by atoms with Gasteiger partial charge in [-0.2, -0.15) is 4.31 Å². The lowest BCUT2D eigenvalue weighted by molar-refractivity contribution is -0.132. The van der Waals surface area contributed by atoms with E-state index in [0.29, 0.717) is 34.6 Å². The molecule has 0 saturated carbocycles. The molecule has 1 fully saturated rings. The normalized spacial score (nSPS) is 15.4. The second-order valence-corrected chi connectivity index (χ2v) is 12.6. The van der Waals surface area contributed by atoms with Gasteiger partial charge in [0.05, 0.1) is 41.3 Å². The number of rotatable bonds is 10. The third-order valence-electron chi connectivity index (χ3n) is 7.12. The minimum Gasteiger partial charge on any atom is -0.464 e. The third-order valence-corrected chi connectivity index (χ3v) is 9.20. The predicted molar refractivity (Wildman–Crippen MR) is 157 cm³/mol. The molecule has 0 unspecified atom stereocenters. The van der Waals surface area contributed by atoms with Gasteiger partial charge in [-0.05, 0) is 61.7 Å². The van der Waals surface area contributed by atoms with Crippen LogP contribution in [0, 0.1) is 6.92 Å². The molecular formula is C31H31ClN2O6S. The van der Waals surface area contributed by atoms with Crippen molar-refractivity contribution in [3.63, 3.8) is 0 Å². The lowest BCUT2D eigenvalue weighted by atomic mass is 10.1. The van der Waals surface area contributed by atoms with E-state index in [1.165, 1.54) is 39.7 Å². The summed E-state index contributed by atoms with van der Waals surface area (Å²) in [5, 5.41) is 0.837. The maximum absolute atomic E-state index is 13.9. The van der Waals surface area contributed by atoms with Gasteiger partial charge >= 0.3 is 0 Å². The molecular weight excluding hydrogens is 564 g/mol. The quantitative estimate of drug-likeness (QED) is 0.252. The van der Waals surface area contributed by atoms with Crippen molar-refractivity contribution in [3.05, 3.63) is 111 Å². The highest BCUT2D eigenvalue weighted by atomic mass is 35.5. The Kier molecular flexibility index (Phi) is 8.89. The zero-order valence-electron chi connectivity index (χ0n) is 22.7. The third kappa shape index (κ3) is 6.87. The maximum Gasteiger partial charge on any atom is 0.243 e. The van der Waals surface area contributed by atoms with Gasteiger partial charge in [0.25, 0.3) is 0 Å². The monoisotopic (exact) mass is 594 g/mol. The number of nitrogens with zero attached hydrogens (tertiary/aromatic N) is 2. The molecule has 1 saturated heterocycles. The molecule has 2 heterocycles. The summed E-state index contributed by atoms with van der Waals surface area (Å²) in [5.74, 6) is -0.451. The summed E-state index contributed by atoms with van der Waals surface area (Å²) in [6, 6.07) is 20.6. The van der Waals surface area contributed by atoms with Crippen molar-refractivity contribution in [1.29, 1.82) is 0 Å². The molecule has 0 radical (unpaired) electrons. The van der Waals surface area contributed by atoms with E-state index in [-0.39, 0.29) is 36.1 Å². The largest absolute Gasteiger partial charge is 0.464 e. The van der Waals surface area contributed by atoms with Crippen LogP contribution in [0.4, 0.5) is 0 Å². The van der Waals surface area contributed by atoms with Crippen molar-refractivity contribution in [2.45, 2.75) is 43.9 Å². The van der Waals surface area contributed by atoms with Crippen LogP contribution >= 0.6 is 11.6 Å². The Bertz CT molecular complexity index is 1680. The van der Waals surface area contributed by atoms with Crippen LogP contribution in [0.1, 0.15) is 29.5 Å². The smallest absolute Gasteiger partial charge is 0.243 e. The number of sulfonamides is 1. The van der Waals surface area contributed by atoms with Crippen LogP contribution in [0.3, 0.4) is 0 Å². The molecule has 1 aliphatic rings. The minimum atomic E-state index is -4.05. The van der Waals surface area contributed by atoms with Crippen LogP contribution in [-0.4, -0.2) is 49.3 Å². The van der Waals surface area contributed by atoms with Gasteiger partial charge in [0.2, 0.25) is 15.9 Å². The average Bonchev–Trinajstić information content (AvgIpc) is 3.48. The summed E-state index contributed by atoms with van der Waals surface area (Å²) in [5.41, 5.74) is 2.29. The summed E-state index contributed by atoms with van der Waals surface area (Å²) in [7, 11) is -4.05. The van der Waals surface area contributed by atoms with Crippen molar-refractivity contribution in [2.24, 2.45) is 0 Å². The molecule has 5 rings (SSSR count). The van der Waals surface area contributed by atoms with Crippen molar-refractivity contribution >= 4 is 38.5 Å². The molecule has 4 aromatic rings. The molecule has 3 aromatic carbocycles. The number of benzene rings is 3. The first-order valence-corrected chi connectivity index (χ1v) is 15.2. The number of carbonyl (C=O) groups is 1. The number of ether oxygens (including phenoxy) is 1. The van der Waals surface area contributed by atoms with Gasteiger partial charge < -0.3 is 14.1 Å². The second kappa shape index (κ2) is 12.6. The van der Waals surface area contributed by atoms with Gasteiger partial charge in [-0.1, -0.05) is 53.6 Å². The highest BCUT2D eigenvalue weighted by molar-refractivity contribution is 7.89. The molecule has 214 valence electrons. The maximum atomic E-state index is 13.9. The lowest BCUT2D eigenvalue weighted by Crippen LogP contribution is -2.45. The van der Waals surface area contributed by atoms with Gasteiger partial charge in [-0.15, -0.1) is 0 Å². The molecule has 10 heteroatoms. The molecule has 1 amide bonds. The Morgan fingerprint density at radius 2 is 1.78 bits per heavy atom. The average molecular weight is 595 g/mol. The SMILES string of the molecule is Cc1ccc2occ(CN(Cc3ccccc3)C(=O)CN(C[C@H]3CCCO3)S(=O)(=O)c3ccc(Cl)cc3)c(=O)c2c1. The summed E-state index contributed by atoms with van der Waals surface area (Å²) >= 11 is 5.99. The highest BCUT2D eigenvalue weighted by Crippen LogP contribution is 2.23. The summed E-state index contributed by atoms with van der Waals surface area (Å²) in [6.45, 7) is 2.18. The molecule has 1 atom stereocenters. The first kappa shape index (κ1) is 29.0. The summed E-state index contributed by atoms with van der Waals surface area (Å²) in [6.07, 6.45) is 2.58. The fourth-order valence-corrected chi connectivity index (χ4v) is 6.45. The van der Waals surface area contributed by atoms with Crippen LogP contribution < -0.4 is 5.43 Å². The highest BCUT2D eigenvalue weighted by Gasteiger charge is 2.32. The topological polar surface area (TPSA) is 97.1 Å². The molecule has 0 N–H and O–H groups in total. The Morgan fingerprint density at radius 3 is 2.49 bits per heavy atom. The first-order chi connectivity index (χ1) is 19.7. The predicted octanol–water partition coefficient (Wildman–Crippen LogP) is 5.15. The molecule has 8 nitrogen and oxygen atoms in total. The number of halogens is 1. The van der Waals surface area contributed by atoms with Gasteiger partial charge in [0, 0.05) is 24.7 Å². The van der Waals surface area contributed by atoms with Crippen molar-refractivity contribution in [3.8, 4) is 0 Å². The number of hydrogen-bond donors (Lipinski definition) is 0. The Hall–Kier alpha value is -3.50. The first-order valence-electron chi connectivity index (χ1n) is 13.4. The summed E-state index contributed by atoms with van der Waals surface area (Å²) < 4.78 is 40.1. The van der Waals surface area contributed by atoms with Gasteiger partial charge in [-0.3, -0.25) is 9.59 Å². The van der Waals surface area contributed by atoms with E-state index < -0.39 is 22.5 Å². The van der Waals surface area contributed by atoms with E-state index in [2.05, 4.69) is 0 Å². The molecule has 1 aromatic heterocycles. The van der Waals surface area contributed by atoms with E-state index in [0.717, 1.165) is 17.5 Å². The molecule has 0 spiro atoms. The summed E-state index contributed by atoms with van der Waals surface area (Å²) in [4.78, 5) is 28.8. The van der Waals surface area contributed by atoms with Crippen molar-refractivity contribution in [2.75, 3.05) is 19.7 Å². The van der Waals surface area contributed by atoms with E-state index in [4.69, 9.17) is 20.8 Å². The van der Waals surface area contributed by atoms with E-state index in [1.54, 1.807) is 12.1 Å². The zero-order chi connectivity index (χ0) is 29.0. The number of aryl methyl sites for hydroxylation is 1. The van der Waals surface area contributed by atoms with Crippen molar-refractivity contribution in [1.82, 2.24) is 9.21 Å². The standard InChI is InChI=1S/C31H31ClN2O6S/c1-22-9-14-29-28(16-22)31(36)24(21-40-29)18-33(17-23-6-3-2-4-7-23)30(35)20-34(19-26-8-5-15-39-26)41(37,38)27-12-10-25(32)11-13-27/h2-4,6-7,9-14,16,21,26H,5,8,15,17-20H2,1H3/t26-/m1/s1. The molecule has 0 aliphatic carbocycles. The number of hydrogen-bond acceptors (Lipinski definition) is 6. The van der Waals surface area contributed by atoms with Crippen LogP contribution in [0.2, 0.25) is 5.02 Å². The molecule has 0 bridgehead atoms. The van der Waals surface area contributed by atoms with Crippen LogP contribution in [0.25, 0.3) is 11.0 Å². The van der Waals surface area contributed by atoms with E-state index in [1.807, 2.05) is 43.3 Å². The minimum absolute atomic E-state index is 0.0350. The second-order valence-electron chi connectivity index (χ2n) is 10.2. The number of amides is 1. The van der Waals surface area contributed by atoms with Gasteiger partial charge in [0.1, 0.15) is 5.58 Å². The fourth-order valence-electron chi connectivity index (χ4n) is 4.91. The lowest BCUT2D eigenvalue weighted by Gasteiger charge is -2.28. The molecule has 41 heavy (non-hydrogen) atoms. The number of carbonyl (C=O) groups excluding carboxylic acids is 1. The zero-order valence-corrected chi connectivity index (χ0v) is 24.2. The Balaban J connectivity index is 1.47. The van der Waals surface area contributed by atoms with E-state index >= 15 is 0 Å². The van der Waals surface area contributed by atoms with Crippen LogP contribution in [0.15, 0.2) is 93.2 Å². The fraction of sp³-hybridized carbons (Fsp3) is 0.290. The van der Waals surface area contributed by atoms with Gasteiger partial charge in [0.15, 0.2) is 5.43 Å².